The lowest BCUT2D eigenvalue weighted by Gasteiger charge is -2.16. The van der Waals surface area contributed by atoms with Crippen LogP contribution in [0.3, 0.4) is 0 Å². The number of aryl methyl sites for hydroxylation is 1. The zero-order valence-electron chi connectivity index (χ0n) is 19.9. The van der Waals surface area contributed by atoms with E-state index in [2.05, 4.69) is 26.5 Å². The van der Waals surface area contributed by atoms with Crippen molar-refractivity contribution >= 4 is 11.5 Å². The Balaban J connectivity index is 2.43. The van der Waals surface area contributed by atoms with Crippen molar-refractivity contribution in [1.29, 1.82) is 5.26 Å². The summed E-state index contributed by atoms with van der Waals surface area (Å²) in [5.41, 5.74) is 5.66. The number of hydrogen-bond donors (Lipinski definition) is 0. The largest absolute Gasteiger partial charge is 0.461 e. The third-order valence-corrected chi connectivity index (χ3v) is 5.65. The molecule has 0 saturated carbocycles. The van der Waals surface area contributed by atoms with Gasteiger partial charge in [0.05, 0.1) is 6.61 Å². The summed E-state index contributed by atoms with van der Waals surface area (Å²) in [7, 11) is 0. The Morgan fingerprint density at radius 2 is 1.66 bits per heavy atom. The summed E-state index contributed by atoms with van der Waals surface area (Å²) in [5.74, 6) is -0.230. The highest BCUT2D eigenvalue weighted by Crippen LogP contribution is 2.29. The molecule has 3 heteroatoms. The van der Waals surface area contributed by atoms with Gasteiger partial charge in [-0.05, 0) is 49.3 Å². The molecule has 2 rings (SSSR count). The molecule has 0 saturated heterocycles. The Kier molecular flexibility index (Phi) is 9.95. The first-order valence-corrected chi connectivity index (χ1v) is 11.5. The first-order valence-electron chi connectivity index (χ1n) is 11.5. The van der Waals surface area contributed by atoms with Gasteiger partial charge in [-0.2, -0.15) is 5.26 Å². The molecule has 0 amide bonds. The van der Waals surface area contributed by atoms with Gasteiger partial charge in [0.2, 0.25) is 0 Å². The molecule has 32 heavy (non-hydrogen) atoms. The molecule has 0 N–H and O–H groups in total. The monoisotopic (exact) mass is 429 g/mol. The molecule has 0 aliphatic heterocycles. The number of hydrogen-bond acceptors (Lipinski definition) is 3. The molecule has 2 aromatic carbocycles. The third-order valence-electron chi connectivity index (χ3n) is 5.65. The number of carbonyl (C=O) groups excluding carboxylic acids is 1. The standard InChI is InChI=1S/C29H35NO2/c1-6-8-9-23(7-2)20-32-29(31)27(19-30)28(25-14-10-22(5)11-15-25)26-16-12-24(13-17-26)18-21(3)4/h10-17,23H,3,6-9,18,20H2,1-2,4-5H3/b28-27-. The van der Waals surface area contributed by atoms with Gasteiger partial charge < -0.3 is 4.74 Å². The van der Waals surface area contributed by atoms with Crippen LogP contribution in [0.15, 0.2) is 66.3 Å². The maximum Gasteiger partial charge on any atom is 0.349 e. The lowest BCUT2D eigenvalue weighted by Crippen LogP contribution is -2.16. The van der Waals surface area contributed by atoms with Gasteiger partial charge in [0.25, 0.3) is 0 Å². The van der Waals surface area contributed by atoms with Crippen LogP contribution in [0.25, 0.3) is 5.57 Å². The van der Waals surface area contributed by atoms with Crippen LogP contribution in [-0.4, -0.2) is 12.6 Å². The number of ether oxygens (including phenoxy) is 1. The first kappa shape index (κ1) is 25.1. The number of unbranched alkanes of at least 4 members (excludes halogenated alkanes) is 1. The Hall–Kier alpha value is -3.12. The van der Waals surface area contributed by atoms with Gasteiger partial charge in [0, 0.05) is 5.57 Å². The predicted molar refractivity (Wildman–Crippen MR) is 132 cm³/mol. The van der Waals surface area contributed by atoms with Crippen molar-refractivity contribution in [2.24, 2.45) is 5.92 Å². The van der Waals surface area contributed by atoms with Crippen molar-refractivity contribution in [1.82, 2.24) is 0 Å². The fourth-order valence-electron chi connectivity index (χ4n) is 3.68. The van der Waals surface area contributed by atoms with Crippen molar-refractivity contribution in [2.75, 3.05) is 6.61 Å². The van der Waals surface area contributed by atoms with Crippen LogP contribution in [0, 0.1) is 24.2 Å². The molecule has 0 aliphatic carbocycles. The molecule has 0 spiro atoms. The molecule has 1 atom stereocenters. The SMILES string of the molecule is C=C(C)Cc1ccc(/C(=C(/C#N)C(=O)OCC(CC)CCCC)c2ccc(C)cc2)cc1. The predicted octanol–water partition coefficient (Wildman–Crippen LogP) is 7.20. The first-order chi connectivity index (χ1) is 15.4. The fraction of sp³-hybridized carbons (Fsp3) is 0.379. The highest BCUT2D eigenvalue weighted by Gasteiger charge is 2.21. The minimum absolute atomic E-state index is 0.0480. The van der Waals surface area contributed by atoms with Crippen LogP contribution in [0.5, 0.6) is 0 Å². The minimum Gasteiger partial charge on any atom is -0.461 e. The van der Waals surface area contributed by atoms with E-state index in [1.807, 2.05) is 62.4 Å². The molecule has 0 radical (unpaired) electrons. The van der Waals surface area contributed by atoms with Gasteiger partial charge in [0.1, 0.15) is 11.6 Å². The van der Waals surface area contributed by atoms with Gasteiger partial charge in [-0.1, -0.05) is 99.4 Å². The van der Waals surface area contributed by atoms with E-state index in [1.54, 1.807) is 0 Å². The second-order valence-corrected chi connectivity index (χ2v) is 8.57. The second kappa shape index (κ2) is 12.7. The van der Waals surface area contributed by atoms with Gasteiger partial charge in [-0.25, -0.2) is 4.79 Å². The van der Waals surface area contributed by atoms with Crippen molar-refractivity contribution in [3.8, 4) is 6.07 Å². The molecule has 0 aliphatic rings. The summed E-state index contributed by atoms with van der Waals surface area (Å²) in [6.45, 7) is 12.6. The number of esters is 1. The molecule has 0 fully saturated rings. The fourth-order valence-corrected chi connectivity index (χ4v) is 3.68. The van der Waals surface area contributed by atoms with Crippen molar-refractivity contribution in [2.45, 2.75) is 59.8 Å². The number of benzene rings is 2. The summed E-state index contributed by atoms with van der Waals surface area (Å²) in [4.78, 5) is 13.0. The lowest BCUT2D eigenvalue weighted by atomic mass is 9.91. The summed E-state index contributed by atoms with van der Waals surface area (Å²) < 4.78 is 5.64. The summed E-state index contributed by atoms with van der Waals surface area (Å²) in [5, 5.41) is 9.96. The van der Waals surface area contributed by atoms with Gasteiger partial charge in [-0.15, -0.1) is 0 Å². The molecular weight excluding hydrogens is 394 g/mol. The number of nitriles is 1. The van der Waals surface area contributed by atoms with E-state index in [0.29, 0.717) is 18.1 Å². The zero-order chi connectivity index (χ0) is 23.5. The maximum absolute atomic E-state index is 13.0. The quantitative estimate of drug-likeness (QED) is 0.164. The summed E-state index contributed by atoms with van der Waals surface area (Å²) in [6.07, 6.45) is 5.01. The number of allylic oxidation sites excluding steroid dienone is 1. The highest BCUT2D eigenvalue weighted by atomic mass is 16.5. The molecule has 3 nitrogen and oxygen atoms in total. The molecule has 168 valence electrons. The molecular formula is C29H35NO2. The molecule has 0 heterocycles. The van der Waals surface area contributed by atoms with Gasteiger partial charge >= 0.3 is 5.97 Å². The van der Waals surface area contributed by atoms with E-state index in [-0.39, 0.29) is 5.57 Å². The molecule has 0 bridgehead atoms. The number of nitrogens with zero attached hydrogens (tertiary/aromatic N) is 1. The third kappa shape index (κ3) is 7.24. The summed E-state index contributed by atoms with van der Waals surface area (Å²) in [6, 6.07) is 18.0. The van der Waals surface area contributed by atoms with E-state index < -0.39 is 5.97 Å². The molecule has 1 unspecified atom stereocenters. The van der Waals surface area contributed by atoms with Gasteiger partial charge in [-0.3, -0.25) is 0 Å². The van der Waals surface area contributed by atoms with E-state index in [4.69, 9.17) is 4.74 Å². The van der Waals surface area contributed by atoms with Crippen LogP contribution >= 0.6 is 0 Å². The Morgan fingerprint density at radius 1 is 1.06 bits per heavy atom. The highest BCUT2D eigenvalue weighted by molar-refractivity contribution is 6.05. The Bertz CT molecular complexity index is 975. The smallest absolute Gasteiger partial charge is 0.349 e. The van der Waals surface area contributed by atoms with Crippen LogP contribution in [0.4, 0.5) is 0 Å². The van der Waals surface area contributed by atoms with Crippen molar-refractivity contribution < 1.29 is 9.53 Å². The van der Waals surface area contributed by atoms with E-state index in [9.17, 15) is 10.1 Å². The minimum atomic E-state index is -0.552. The maximum atomic E-state index is 13.0. The number of carbonyl (C=O) groups is 1. The van der Waals surface area contributed by atoms with E-state index in [1.165, 1.54) is 0 Å². The van der Waals surface area contributed by atoms with Crippen LogP contribution in [0.2, 0.25) is 0 Å². The van der Waals surface area contributed by atoms with Crippen LogP contribution < -0.4 is 0 Å². The van der Waals surface area contributed by atoms with Crippen molar-refractivity contribution in [3.63, 3.8) is 0 Å². The zero-order valence-corrected chi connectivity index (χ0v) is 19.9. The molecule has 2 aromatic rings. The van der Waals surface area contributed by atoms with Crippen molar-refractivity contribution in [3.05, 3.63) is 88.5 Å². The van der Waals surface area contributed by atoms with Crippen LogP contribution in [-0.2, 0) is 16.0 Å². The lowest BCUT2D eigenvalue weighted by molar-refractivity contribution is -0.139. The number of rotatable bonds is 11. The van der Waals surface area contributed by atoms with E-state index >= 15 is 0 Å². The topological polar surface area (TPSA) is 50.1 Å². The Labute approximate surface area is 193 Å². The molecule has 0 aromatic heterocycles. The Morgan fingerprint density at radius 3 is 2.16 bits per heavy atom. The van der Waals surface area contributed by atoms with Crippen LogP contribution in [0.1, 0.15) is 68.7 Å². The van der Waals surface area contributed by atoms with E-state index in [0.717, 1.165) is 59.9 Å². The summed E-state index contributed by atoms with van der Waals surface area (Å²) >= 11 is 0. The van der Waals surface area contributed by atoms with Gasteiger partial charge in [0.15, 0.2) is 0 Å². The second-order valence-electron chi connectivity index (χ2n) is 8.57. The average molecular weight is 430 g/mol. The normalized spacial score (nSPS) is 12.5. The average Bonchev–Trinajstić information content (AvgIpc) is 2.78.